The highest BCUT2D eigenvalue weighted by Gasteiger charge is 2.20. The Morgan fingerprint density at radius 2 is 2.05 bits per heavy atom. The van der Waals surface area contributed by atoms with Crippen molar-refractivity contribution in [3.8, 4) is 0 Å². The van der Waals surface area contributed by atoms with Crippen molar-refractivity contribution in [2.75, 3.05) is 0 Å². The van der Waals surface area contributed by atoms with Crippen LogP contribution < -0.4 is 5.32 Å². The molecule has 1 atom stereocenters. The lowest BCUT2D eigenvalue weighted by Crippen LogP contribution is -2.27. The van der Waals surface area contributed by atoms with Crippen molar-refractivity contribution in [3.63, 3.8) is 0 Å². The van der Waals surface area contributed by atoms with Crippen molar-refractivity contribution in [1.29, 1.82) is 0 Å². The summed E-state index contributed by atoms with van der Waals surface area (Å²) < 4.78 is 0. The first kappa shape index (κ1) is 13.6. The van der Waals surface area contributed by atoms with Crippen molar-refractivity contribution >= 4 is 12.0 Å². The zero-order valence-corrected chi connectivity index (χ0v) is 11.3. The van der Waals surface area contributed by atoms with Crippen LogP contribution in [0.3, 0.4) is 0 Å². The second-order valence-electron chi connectivity index (χ2n) is 5.02. The molecular weight excluding hydrogens is 234 g/mol. The van der Waals surface area contributed by atoms with E-state index in [1.165, 1.54) is 11.1 Å². The molecule has 1 aliphatic rings. The first-order valence-electron chi connectivity index (χ1n) is 6.93. The molecule has 1 N–H and O–H groups in total. The maximum atomic E-state index is 11.1. The molecule has 0 saturated carbocycles. The van der Waals surface area contributed by atoms with Crippen LogP contribution in [0.15, 0.2) is 43.0 Å². The Balaban J connectivity index is 1.85. The quantitative estimate of drug-likeness (QED) is 0.612. The van der Waals surface area contributed by atoms with E-state index in [0.717, 1.165) is 25.7 Å². The van der Waals surface area contributed by atoms with Gasteiger partial charge in [0.1, 0.15) is 0 Å². The summed E-state index contributed by atoms with van der Waals surface area (Å²) >= 11 is 0. The van der Waals surface area contributed by atoms with Crippen molar-refractivity contribution in [2.45, 2.75) is 38.1 Å². The van der Waals surface area contributed by atoms with Gasteiger partial charge < -0.3 is 5.32 Å². The van der Waals surface area contributed by atoms with Crippen LogP contribution in [0, 0.1) is 0 Å². The Kier molecular flexibility index (Phi) is 4.96. The Morgan fingerprint density at radius 1 is 1.26 bits per heavy atom. The van der Waals surface area contributed by atoms with Gasteiger partial charge in [-0.25, -0.2) is 0 Å². The average Bonchev–Trinajstić information content (AvgIpc) is 2.82. The monoisotopic (exact) mass is 255 g/mol. The van der Waals surface area contributed by atoms with E-state index in [0.29, 0.717) is 12.5 Å². The summed E-state index contributed by atoms with van der Waals surface area (Å²) in [6.07, 6.45) is 10.9. The molecule has 0 spiro atoms. The summed E-state index contributed by atoms with van der Waals surface area (Å²) in [5.74, 6) is 0.187. The number of hydrogen-bond acceptors (Lipinski definition) is 1. The zero-order valence-electron chi connectivity index (χ0n) is 11.3. The number of carbonyl (C=O) groups is 1. The number of benzene rings is 1. The molecule has 0 aromatic heterocycles. The molecule has 1 fully saturated rings. The highest BCUT2D eigenvalue weighted by Crippen LogP contribution is 2.14. The van der Waals surface area contributed by atoms with E-state index in [9.17, 15) is 4.79 Å². The molecule has 1 aliphatic heterocycles. The summed E-state index contributed by atoms with van der Waals surface area (Å²) in [5.41, 5.74) is 2.51. The molecule has 2 heteroatoms. The fraction of sp³-hybridized carbons (Fsp3) is 0.353. The Labute approximate surface area is 115 Å². The van der Waals surface area contributed by atoms with Crippen LogP contribution in [-0.4, -0.2) is 11.9 Å². The van der Waals surface area contributed by atoms with Crippen LogP contribution in [0.1, 0.15) is 36.8 Å². The molecule has 0 radical (unpaired) electrons. The third kappa shape index (κ3) is 4.40. The molecule has 0 aliphatic carbocycles. The van der Waals surface area contributed by atoms with E-state index < -0.39 is 0 Å². The molecule has 19 heavy (non-hydrogen) atoms. The van der Waals surface area contributed by atoms with Gasteiger partial charge in [0, 0.05) is 12.5 Å². The summed E-state index contributed by atoms with van der Waals surface area (Å²) in [6.45, 7) is 3.71. The Bertz CT molecular complexity index is 459. The van der Waals surface area contributed by atoms with E-state index in [1.54, 1.807) is 0 Å². The van der Waals surface area contributed by atoms with Gasteiger partial charge in [-0.3, -0.25) is 4.79 Å². The second kappa shape index (κ2) is 6.93. The standard InChI is InChI=1S/C17H21NO/c1-2-3-4-5-6-14-7-9-15(10-8-14)13-16-11-12-17(19)18-16/h2,5-10,16H,1,3-4,11-13H2,(H,18,19)/b6-5+/t16-/m0/s1. The number of allylic oxidation sites excluding steroid dienone is 2. The molecule has 0 unspecified atom stereocenters. The van der Waals surface area contributed by atoms with Crippen LogP contribution in [0.4, 0.5) is 0 Å². The van der Waals surface area contributed by atoms with Gasteiger partial charge >= 0.3 is 0 Å². The maximum absolute atomic E-state index is 11.1. The first-order valence-corrected chi connectivity index (χ1v) is 6.93. The lowest BCUT2D eigenvalue weighted by atomic mass is 10.0. The van der Waals surface area contributed by atoms with E-state index in [4.69, 9.17) is 0 Å². The third-order valence-corrected chi connectivity index (χ3v) is 3.39. The normalized spacial score (nSPS) is 18.7. The van der Waals surface area contributed by atoms with Crippen LogP contribution in [0.5, 0.6) is 0 Å². The number of amides is 1. The smallest absolute Gasteiger partial charge is 0.220 e. The lowest BCUT2D eigenvalue weighted by molar-refractivity contribution is -0.119. The van der Waals surface area contributed by atoms with E-state index in [2.05, 4.69) is 48.3 Å². The molecule has 2 rings (SSSR count). The van der Waals surface area contributed by atoms with Crippen LogP contribution in [0.2, 0.25) is 0 Å². The number of carbonyl (C=O) groups excluding carboxylic acids is 1. The fourth-order valence-electron chi connectivity index (χ4n) is 2.31. The van der Waals surface area contributed by atoms with Crippen LogP contribution in [-0.2, 0) is 11.2 Å². The predicted molar refractivity (Wildman–Crippen MR) is 79.8 cm³/mol. The Hall–Kier alpha value is -1.83. The third-order valence-electron chi connectivity index (χ3n) is 3.39. The summed E-state index contributed by atoms with van der Waals surface area (Å²) in [7, 11) is 0. The molecule has 1 heterocycles. The minimum absolute atomic E-state index is 0.187. The highest BCUT2D eigenvalue weighted by molar-refractivity contribution is 5.78. The Morgan fingerprint density at radius 3 is 2.68 bits per heavy atom. The lowest BCUT2D eigenvalue weighted by Gasteiger charge is -2.09. The fourth-order valence-corrected chi connectivity index (χ4v) is 2.31. The van der Waals surface area contributed by atoms with Crippen molar-refractivity contribution < 1.29 is 4.79 Å². The molecule has 1 saturated heterocycles. The van der Waals surface area contributed by atoms with Crippen molar-refractivity contribution in [2.24, 2.45) is 0 Å². The zero-order chi connectivity index (χ0) is 13.5. The minimum atomic E-state index is 0.187. The molecule has 1 aromatic carbocycles. The van der Waals surface area contributed by atoms with Gasteiger partial charge in [0.15, 0.2) is 0 Å². The molecule has 2 nitrogen and oxygen atoms in total. The minimum Gasteiger partial charge on any atom is -0.353 e. The topological polar surface area (TPSA) is 29.1 Å². The largest absolute Gasteiger partial charge is 0.353 e. The van der Waals surface area contributed by atoms with Gasteiger partial charge in [-0.05, 0) is 36.8 Å². The predicted octanol–water partition coefficient (Wildman–Crippen LogP) is 3.49. The van der Waals surface area contributed by atoms with Crippen molar-refractivity contribution in [3.05, 3.63) is 54.1 Å². The van der Waals surface area contributed by atoms with E-state index >= 15 is 0 Å². The first-order chi connectivity index (χ1) is 9.28. The van der Waals surface area contributed by atoms with Gasteiger partial charge in [-0.15, -0.1) is 6.58 Å². The molecule has 1 amide bonds. The van der Waals surface area contributed by atoms with Crippen molar-refractivity contribution in [1.82, 2.24) is 5.32 Å². The summed E-state index contributed by atoms with van der Waals surface area (Å²) in [5, 5.41) is 3.00. The number of hydrogen-bond donors (Lipinski definition) is 1. The molecule has 0 bridgehead atoms. The van der Waals surface area contributed by atoms with Gasteiger partial charge in [0.05, 0.1) is 0 Å². The van der Waals surface area contributed by atoms with Gasteiger partial charge in [0.25, 0.3) is 0 Å². The summed E-state index contributed by atoms with van der Waals surface area (Å²) in [6, 6.07) is 8.89. The molecule has 100 valence electrons. The number of nitrogens with one attached hydrogen (secondary N) is 1. The maximum Gasteiger partial charge on any atom is 0.220 e. The molecule has 1 aromatic rings. The van der Waals surface area contributed by atoms with Crippen LogP contribution in [0.25, 0.3) is 6.08 Å². The number of rotatable bonds is 6. The molecular formula is C17H21NO. The SMILES string of the molecule is C=CCC/C=C/c1ccc(C[C@@H]2CCC(=O)N2)cc1. The van der Waals surface area contributed by atoms with Crippen LogP contribution >= 0.6 is 0 Å². The highest BCUT2D eigenvalue weighted by atomic mass is 16.1. The summed E-state index contributed by atoms with van der Waals surface area (Å²) in [4.78, 5) is 11.1. The average molecular weight is 255 g/mol. The van der Waals surface area contributed by atoms with E-state index in [-0.39, 0.29) is 5.91 Å². The van der Waals surface area contributed by atoms with Gasteiger partial charge in [-0.2, -0.15) is 0 Å². The number of unbranched alkanes of at least 4 members (excludes halogenated alkanes) is 1. The second-order valence-corrected chi connectivity index (χ2v) is 5.02. The van der Waals surface area contributed by atoms with E-state index in [1.807, 2.05) is 6.08 Å². The van der Waals surface area contributed by atoms with Gasteiger partial charge in [-0.1, -0.05) is 42.5 Å². The van der Waals surface area contributed by atoms with Gasteiger partial charge in [0.2, 0.25) is 5.91 Å².